The highest BCUT2D eigenvalue weighted by molar-refractivity contribution is 7.80. The van der Waals surface area contributed by atoms with Gasteiger partial charge in [0.25, 0.3) is 0 Å². The van der Waals surface area contributed by atoms with Crippen LogP contribution in [0.15, 0.2) is 42.5 Å². The van der Waals surface area contributed by atoms with E-state index in [1.54, 1.807) is 0 Å². The third kappa shape index (κ3) is 4.30. The molecule has 110 valence electrons. The van der Waals surface area contributed by atoms with Gasteiger partial charge in [-0.1, -0.05) is 35.9 Å². The molecule has 2 aromatic rings. The monoisotopic (exact) mass is 298 g/mol. The van der Waals surface area contributed by atoms with E-state index in [0.717, 1.165) is 5.69 Å². The van der Waals surface area contributed by atoms with Crippen LogP contribution >= 0.6 is 12.2 Å². The maximum Gasteiger partial charge on any atom is 0.171 e. The summed E-state index contributed by atoms with van der Waals surface area (Å²) in [6.07, 6.45) is 0. The van der Waals surface area contributed by atoms with Gasteiger partial charge in [-0.25, -0.2) is 0 Å². The topological polar surface area (TPSA) is 24.1 Å². The molecule has 0 saturated carbocycles. The van der Waals surface area contributed by atoms with E-state index in [0.29, 0.717) is 5.11 Å². The summed E-state index contributed by atoms with van der Waals surface area (Å²) in [6.45, 7) is 8.44. The van der Waals surface area contributed by atoms with E-state index in [1.165, 1.54) is 22.3 Å². The molecule has 2 aromatic carbocycles. The normalized spacial score (nSPS) is 11.8. The van der Waals surface area contributed by atoms with Gasteiger partial charge in [0.1, 0.15) is 0 Å². The zero-order chi connectivity index (χ0) is 15.4. The fourth-order valence-corrected chi connectivity index (χ4v) is 2.69. The van der Waals surface area contributed by atoms with E-state index in [1.807, 2.05) is 12.1 Å². The molecular formula is C18H22N2S. The van der Waals surface area contributed by atoms with E-state index < -0.39 is 0 Å². The summed E-state index contributed by atoms with van der Waals surface area (Å²) in [6, 6.07) is 14.9. The number of anilines is 1. The molecule has 0 radical (unpaired) electrons. The van der Waals surface area contributed by atoms with Gasteiger partial charge in [0.2, 0.25) is 0 Å². The largest absolute Gasteiger partial charge is 0.356 e. The van der Waals surface area contributed by atoms with Crippen molar-refractivity contribution in [3.05, 3.63) is 64.7 Å². The van der Waals surface area contributed by atoms with Crippen molar-refractivity contribution >= 4 is 23.0 Å². The summed E-state index contributed by atoms with van der Waals surface area (Å²) in [5, 5.41) is 7.24. The number of thiocarbonyl (C=S) groups is 1. The Morgan fingerprint density at radius 2 is 1.71 bits per heavy atom. The lowest BCUT2D eigenvalue weighted by atomic mass is 10.0. The SMILES string of the molecule is Cc1cccc(NC(=S)N[C@H](C)c2cc(C)ccc2C)c1. The Hall–Kier alpha value is -1.87. The van der Waals surface area contributed by atoms with E-state index in [4.69, 9.17) is 12.2 Å². The van der Waals surface area contributed by atoms with Crippen LogP contribution in [-0.4, -0.2) is 5.11 Å². The van der Waals surface area contributed by atoms with Crippen molar-refractivity contribution < 1.29 is 0 Å². The van der Waals surface area contributed by atoms with Crippen molar-refractivity contribution in [2.75, 3.05) is 5.32 Å². The van der Waals surface area contributed by atoms with Crippen molar-refractivity contribution in [2.24, 2.45) is 0 Å². The van der Waals surface area contributed by atoms with Crippen LogP contribution in [0.1, 0.15) is 35.2 Å². The number of aryl methyl sites for hydroxylation is 3. The van der Waals surface area contributed by atoms with Crippen LogP contribution in [0.4, 0.5) is 5.69 Å². The van der Waals surface area contributed by atoms with Gasteiger partial charge in [0, 0.05) is 5.69 Å². The zero-order valence-electron chi connectivity index (χ0n) is 13.0. The van der Waals surface area contributed by atoms with Gasteiger partial charge in [-0.15, -0.1) is 0 Å². The highest BCUT2D eigenvalue weighted by atomic mass is 32.1. The Labute approximate surface area is 132 Å². The average molecular weight is 298 g/mol. The molecule has 0 spiro atoms. The van der Waals surface area contributed by atoms with Crippen molar-refractivity contribution in [1.29, 1.82) is 0 Å². The summed E-state index contributed by atoms with van der Waals surface area (Å²) in [5.41, 5.74) is 6.05. The fraction of sp³-hybridized carbons (Fsp3) is 0.278. The minimum Gasteiger partial charge on any atom is -0.356 e. The lowest BCUT2D eigenvalue weighted by Crippen LogP contribution is -2.31. The maximum absolute atomic E-state index is 5.41. The predicted molar refractivity (Wildman–Crippen MR) is 94.9 cm³/mol. The molecule has 2 rings (SSSR count). The number of nitrogens with one attached hydrogen (secondary N) is 2. The maximum atomic E-state index is 5.41. The quantitative estimate of drug-likeness (QED) is 0.806. The Kier molecular flexibility index (Phi) is 4.97. The minimum atomic E-state index is 0.176. The van der Waals surface area contributed by atoms with Crippen LogP contribution in [0.2, 0.25) is 0 Å². The molecule has 0 amide bonds. The molecule has 21 heavy (non-hydrogen) atoms. The van der Waals surface area contributed by atoms with Crippen molar-refractivity contribution in [1.82, 2.24) is 5.32 Å². The summed E-state index contributed by atoms with van der Waals surface area (Å²) in [5.74, 6) is 0. The van der Waals surface area contributed by atoms with Gasteiger partial charge < -0.3 is 10.6 Å². The Morgan fingerprint density at radius 1 is 1.00 bits per heavy atom. The fourth-order valence-electron chi connectivity index (χ4n) is 2.39. The Morgan fingerprint density at radius 3 is 2.43 bits per heavy atom. The molecule has 0 unspecified atom stereocenters. The molecule has 1 atom stereocenters. The standard InChI is InChI=1S/C18H22N2S/c1-12-6-5-7-16(10-12)20-18(21)19-15(4)17-11-13(2)8-9-14(17)3/h5-11,15H,1-4H3,(H2,19,20,21)/t15-/m1/s1. The molecule has 0 aliphatic carbocycles. The van der Waals surface area contributed by atoms with Gasteiger partial charge in [0.05, 0.1) is 6.04 Å². The van der Waals surface area contributed by atoms with E-state index >= 15 is 0 Å². The summed E-state index contributed by atoms with van der Waals surface area (Å²) in [4.78, 5) is 0. The zero-order valence-corrected chi connectivity index (χ0v) is 13.8. The lowest BCUT2D eigenvalue weighted by molar-refractivity contribution is 0.716. The second-order valence-electron chi connectivity index (χ2n) is 5.55. The highest BCUT2D eigenvalue weighted by Gasteiger charge is 2.10. The first-order valence-electron chi connectivity index (χ1n) is 7.17. The van der Waals surface area contributed by atoms with Gasteiger partial charge >= 0.3 is 0 Å². The Bertz CT molecular complexity index is 649. The third-order valence-electron chi connectivity index (χ3n) is 3.52. The van der Waals surface area contributed by atoms with Gasteiger partial charge in [-0.3, -0.25) is 0 Å². The van der Waals surface area contributed by atoms with Crippen LogP contribution in [-0.2, 0) is 0 Å². The summed E-state index contributed by atoms with van der Waals surface area (Å²) < 4.78 is 0. The van der Waals surface area contributed by atoms with E-state index in [9.17, 15) is 0 Å². The molecule has 0 bridgehead atoms. The van der Waals surface area contributed by atoms with Gasteiger partial charge in [-0.05, 0) is 68.7 Å². The second-order valence-corrected chi connectivity index (χ2v) is 5.96. The number of hydrogen-bond donors (Lipinski definition) is 2. The average Bonchev–Trinajstić information content (AvgIpc) is 2.41. The molecule has 0 aliphatic rings. The molecule has 0 fully saturated rings. The number of rotatable bonds is 3. The predicted octanol–water partition coefficient (Wildman–Crippen LogP) is 4.66. The molecule has 0 aliphatic heterocycles. The number of benzene rings is 2. The van der Waals surface area contributed by atoms with Crippen LogP contribution in [0, 0.1) is 20.8 Å². The molecular weight excluding hydrogens is 276 g/mol. The molecule has 0 heterocycles. The molecule has 0 aromatic heterocycles. The first-order chi connectivity index (χ1) is 9.95. The highest BCUT2D eigenvalue weighted by Crippen LogP contribution is 2.19. The van der Waals surface area contributed by atoms with E-state index in [2.05, 4.69) is 68.7 Å². The molecule has 0 saturated heterocycles. The van der Waals surface area contributed by atoms with Crippen molar-refractivity contribution in [3.8, 4) is 0 Å². The summed E-state index contributed by atoms with van der Waals surface area (Å²) >= 11 is 5.41. The Balaban J connectivity index is 2.03. The van der Waals surface area contributed by atoms with Crippen molar-refractivity contribution in [3.63, 3.8) is 0 Å². The summed E-state index contributed by atoms with van der Waals surface area (Å²) in [7, 11) is 0. The van der Waals surface area contributed by atoms with Crippen LogP contribution in [0.3, 0.4) is 0 Å². The molecule has 3 heteroatoms. The first-order valence-corrected chi connectivity index (χ1v) is 7.58. The van der Waals surface area contributed by atoms with Crippen LogP contribution < -0.4 is 10.6 Å². The van der Waals surface area contributed by atoms with Crippen LogP contribution in [0.5, 0.6) is 0 Å². The van der Waals surface area contributed by atoms with Gasteiger partial charge in [0.15, 0.2) is 5.11 Å². The number of hydrogen-bond acceptors (Lipinski definition) is 1. The van der Waals surface area contributed by atoms with Gasteiger partial charge in [-0.2, -0.15) is 0 Å². The van der Waals surface area contributed by atoms with E-state index in [-0.39, 0.29) is 6.04 Å². The smallest absolute Gasteiger partial charge is 0.171 e. The third-order valence-corrected chi connectivity index (χ3v) is 3.74. The minimum absolute atomic E-state index is 0.176. The molecule has 2 N–H and O–H groups in total. The second kappa shape index (κ2) is 6.72. The van der Waals surface area contributed by atoms with Crippen molar-refractivity contribution in [2.45, 2.75) is 33.7 Å². The van der Waals surface area contributed by atoms with Crippen LogP contribution in [0.25, 0.3) is 0 Å². The first kappa shape index (κ1) is 15.5. The molecule has 2 nitrogen and oxygen atoms in total. The lowest BCUT2D eigenvalue weighted by Gasteiger charge is -2.19.